The van der Waals surface area contributed by atoms with Crippen LogP contribution in [0.1, 0.15) is 13.8 Å². The third-order valence-electron chi connectivity index (χ3n) is 4.70. The van der Waals surface area contributed by atoms with Crippen molar-refractivity contribution < 1.29 is 36.3 Å². The standard InChI is InChI=1S/C17H21ClF3N3O5S/c1-10(25)12-8-22-6-7-24(12)9-30(28,29)13-5-3-4-11(14(13)18)23-15(26)16(2,27)17(19,20)21/h3-5,12,22,27H,6-9H2,1-2H3,(H,23,26)/t12-,16-/m1/s1. The van der Waals surface area contributed by atoms with Crippen molar-refractivity contribution in [2.45, 2.75) is 36.6 Å². The number of nitrogens with one attached hydrogen (secondary N) is 2. The molecule has 30 heavy (non-hydrogen) atoms. The van der Waals surface area contributed by atoms with E-state index in [4.69, 9.17) is 11.6 Å². The first-order valence-corrected chi connectivity index (χ1v) is 10.8. The number of hydrogen-bond acceptors (Lipinski definition) is 7. The molecule has 13 heteroatoms. The molecule has 0 bridgehead atoms. The normalized spacial score (nSPS) is 20.4. The van der Waals surface area contributed by atoms with Crippen LogP contribution in [0.3, 0.4) is 0 Å². The van der Waals surface area contributed by atoms with Gasteiger partial charge in [0.05, 0.1) is 21.6 Å². The molecule has 0 radical (unpaired) electrons. The van der Waals surface area contributed by atoms with Crippen LogP contribution in [0.15, 0.2) is 23.1 Å². The number of rotatable bonds is 6. The van der Waals surface area contributed by atoms with Gasteiger partial charge in [0.2, 0.25) is 5.60 Å². The zero-order chi connectivity index (χ0) is 22.9. The fraction of sp³-hybridized carbons (Fsp3) is 0.529. The summed E-state index contributed by atoms with van der Waals surface area (Å²) >= 11 is 6.06. The molecule has 8 nitrogen and oxygen atoms in total. The van der Waals surface area contributed by atoms with Gasteiger partial charge in [0.15, 0.2) is 9.84 Å². The molecule has 1 saturated heterocycles. The second-order valence-corrected chi connectivity index (χ2v) is 9.33. The number of Topliss-reactive ketones (excluding diaryl/α,β-unsaturated/α-hetero) is 1. The summed E-state index contributed by atoms with van der Waals surface area (Å²) < 4.78 is 64.3. The molecular formula is C17H21ClF3N3O5S. The van der Waals surface area contributed by atoms with Gasteiger partial charge in [-0.1, -0.05) is 17.7 Å². The monoisotopic (exact) mass is 471 g/mol. The van der Waals surface area contributed by atoms with Gasteiger partial charge in [0.25, 0.3) is 5.91 Å². The van der Waals surface area contributed by atoms with Crippen molar-refractivity contribution in [3.63, 3.8) is 0 Å². The van der Waals surface area contributed by atoms with Gasteiger partial charge < -0.3 is 15.7 Å². The van der Waals surface area contributed by atoms with Crippen LogP contribution in [-0.2, 0) is 19.4 Å². The predicted molar refractivity (Wildman–Crippen MR) is 103 cm³/mol. The second kappa shape index (κ2) is 8.79. The molecule has 2 rings (SSSR count). The number of carbonyl (C=O) groups is 2. The Morgan fingerprint density at radius 3 is 2.57 bits per heavy atom. The first-order chi connectivity index (χ1) is 13.7. The Balaban J connectivity index is 2.31. The Morgan fingerprint density at radius 1 is 1.37 bits per heavy atom. The topological polar surface area (TPSA) is 116 Å². The maximum absolute atomic E-state index is 12.9. The van der Waals surface area contributed by atoms with Gasteiger partial charge in [-0.15, -0.1) is 0 Å². The van der Waals surface area contributed by atoms with Crippen LogP contribution < -0.4 is 10.6 Å². The molecular weight excluding hydrogens is 451 g/mol. The fourth-order valence-electron chi connectivity index (χ4n) is 2.81. The molecule has 0 unspecified atom stereocenters. The van der Waals surface area contributed by atoms with E-state index in [0.717, 1.165) is 12.1 Å². The van der Waals surface area contributed by atoms with Crippen molar-refractivity contribution in [2.24, 2.45) is 0 Å². The minimum atomic E-state index is -5.25. The number of anilines is 1. The van der Waals surface area contributed by atoms with Crippen molar-refractivity contribution in [3.05, 3.63) is 23.2 Å². The number of hydrogen-bond donors (Lipinski definition) is 3. The summed E-state index contributed by atoms with van der Waals surface area (Å²) in [6, 6.07) is 2.78. The molecule has 0 saturated carbocycles. The smallest absolute Gasteiger partial charge is 0.373 e. The lowest BCUT2D eigenvalue weighted by molar-refractivity contribution is -0.242. The predicted octanol–water partition coefficient (Wildman–Crippen LogP) is 1.19. The first kappa shape index (κ1) is 24.5. The largest absolute Gasteiger partial charge is 0.426 e. The van der Waals surface area contributed by atoms with Gasteiger partial charge in [-0.3, -0.25) is 14.5 Å². The molecule has 1 aromatic rings. The van der Waals surface area contributed by atoms with Crippen LogP contribution >= 0.6 is 11.6 Å². The fourth-order valence-corrected chi connectivity index (χ4v) is 4.89. The number of sulfone groups is 1. The summed E-state index contributed by atoms with van der Waals surface area (Å²) in [6.07, 6.45) is -5.25. The summed E-state index contributed by atoms with van der Waals surface area (Å²) in [7, 11) is -4.10. The second-order valence-electron chi connectivity index (χ2n) is 7.03. The molecule has 1 fully saturated rings. The maximum atomic E-state index is 12.9. The summed E-state index contributed by atoms with van der Waals surface area (Å²) in [5.74, 6) is -2.58. The minimum absolute atomic E-state index is 0.223. The number of amides is 1. The van der Waals surface area contributed by atoms with Crippen molar-refractivity contribution >= 4 is 38.8 Å². The van der Waals surface area contributed by atoms with Gasteiger partial charge in [-0.25, -0.2) is 8.42 Å². The number of nitrogens with zero attached hydrogens (tertiary/aromatic N) is 1. The highest BCUT2D eigenvalue weighted by Gasteiger charge is 2.55. The van der Waals surface area contributed by atoms with Gasteiger partial charge in [0, 0.05) is 19.6 Å². The summed E-state index contributed by atoms with van der Waals surface area (Å²) in [5, 5.41) is 13.8. The van der Waals surface area contributed by atoms with Crippen LogP contribution in [0.25, 0.3) is 0 Å². The molecule has 1 aromatic carbocycles. The Morgan fingerprint density at radius 2 is 2.00 bits per heavy atom. The molecule has 1 aliphatic rings. The lowest BCUT2D eigenvalue weighted by atomic mass is 10.1. The Labute approximate surface area is 176 Å². The average Bonchev–Trinajstić information content (AvgIpc) is 2.62. The quantitative estimate of drug-likeness (QED) is 0.570. The van der Waals surface area contributed by atoms with Crippen LogP contribution in [0.4, 0.5) is 18.9 Å². The molecule has 168 valence electrons. The van der Waals surface area contributed by atoms with E-state index in [2.05, 4.69) is 5.32 Å². The van der Waals surface area contributed by atoms with Gasteiger partial charge in [0.1, 0.15) is 11.7 Å². The van der Waals surface area contributed by atoms with E-state index in [0.29, 0.717) is 6.54 Å². The van der Waals surface area contributed by atoms with E-state index in [9.17, 15) is 36.3 Å². The number of carbonyl (C=O) groups excluding carboxylic acids is 2. The zero-order valence-electron chi connectivity index (χ0n) is 16.1. The zero-order valence-corrected chi connectivity index (χ0v) is 17.7. The van der Waals surface area contributed by atoms with Gasteiger partial charge >= 0.3 is 6.18 Å². The van der Waals surface area contributed by atoms with E-state index >= 15 is 0 Å². The van der Waals surface area contributed by atoms with Gasteiger partial charge in [-0.2, -0.15) is 13.2 Å². The molecule has 1 aliphatic heterocycles. The van der Waals surface area contributed by atoms with Gasteiger partial charge in [-0.05, 0) is 26.0 Å². The molecule has 0 spiro atoms. The molecule has 1 heterocycles. The van der Waals surface area contributed by atoms with E-state index in [1.54, 1.807) is 0 Å². The summed E-state index contributed by atoms with van der Waals surface area (Å²) in [6.45, 7) is 2.64. The van der Waals surface area contributed by atoms with E-state index in [-0.39, 0.29) is 25.8 Å². The van der Waals surface area contributed by atoms with Crippen molar-refractivity contribution in [2.75, 3.05) is 30.8 Å². The maximum Gasteiger partial charge on any atom is 0.426 e. The van der Waals surface area contributed by atoms with Crippen LogP contribution in [0, 0.1) is 0 Å². The SMILES string of the molecule is CC(=O)[C@H]1CNCCN1CS(=O)(=O)c1cccc(NC(=O)[C@@](C)(O)C(F)(F)F)c1Cl. The third kappa shape index (κ3) is 5.11. The Bertz CT molecular complexity index is 937. The number of aliphatic hydroxyl groups is 1. The van der Waals surface area contributed by atoms with Crippen molar-refractivity contribution in [1.82, 2.24) is 10.2 Å². The highest BCUT2D eigenvalue weighted by Crippen LogP contribution is 2.34. The molecule has 2 atom stereocenters. The average molecular weight is 472 g/mol. The van der Waals surface area contributed by atoms with Crippen LogP contribution in [0.2, 0.25) is 5.02 Å². The lowest BCUT2D eigenvalue weighted by Crippen LogP contribution is -2.55. The molecule has 0 aliphatic carbocycles. The summed E-state index contributed by atoms with van der Waals surface area (Å²) in [4.78, 5) is 24.7. The van der Waals surface area contributed by atoms with Crippen LogP contribution in [-0.4, -0.2) is 73.4 Å². The first-order valence-electron chi connectivity index (χ1n) is 8.75. The highest BCUT2D eigenvalue weighted by atomic mass is 35.5. The van der Waals surface area contributed by atoms with Crippen molar-refractivity contribution in [1.29, 1.82) is 0 Å². The Kier molecular flexibility index (Phi) is 7.19. The third-order valence-corrected chi connectivity index (χ3v) is 6.90. The number of halogens is 4. The van der Waals surface area contributed by atoms with E-state index in [1.165, 1.54) is 17.9 Å². The minimum Gasteiger partial charge on any atom is -0.373 e. The number of piperazine rings is 1. The van der Waals surface area contributed by atoms with E-state index in [1.807, 2.05) is 5.32 Å². The Hall–Kier alpha value is -1.73. The number of ketones is 1. The van der Waals surface area contributed by atoms with Crippen LogP contribution in [0.5, 0.6) is 0 Å². The molecule has 3 N–H and O–H groups in total. The highest BCUT2D eigenvalue weighted by molar-refractivity contribution is 7.91. The number of alkyl halides is 3. The lowest BCUT2D eigenvalue weighted by Gasteiger charge is -2.34. The summed E-state index contributed by atoms with van der Waals surface area (Å²) in [5.41, 5.74) is -4.11. The van der Waals surface area contributed by atoms with E-state index < -0.39 is 55.0 Å². The molecule has 1 amide bonds. The number of benzene rings is 1. The van der Waals surface area contributed by atoms with Crippen molar-refractivity contribution in [3.8, 4) is 0 Å². The molecule has 0 aromatic heterocycles.